The summed E-state index contributed by atoms with van der Waals surface area (Å²) in [6, 6.07) is 3.06. The Morgan fingerprint density at radius 3 is 2.59 bits per heavy atom. The summed E-state index contributed by atoms with van der Waals surface area (Å²) in [4.78, 5) is -0.792. The molecule has 1 heterocycles. The zero-order valence-electron chi connectivity index (χ0n) is 8.18. The van der Waals surface area contributed by atoms with Gasteiger partial charge in [-0.1, -0.05) is 0 Å². The molecule has 10 heteroatoms. The predicted molar refractivity (Wildman–Crippen MR) is 57.8 cm³/mol. The highest BCUT2D eigenvalue weighted by molar-refractivity contribution is 7.91. The average Bonchev–Trinajstić information content (AvgIpc) is 2.22. The van der Waals surface area contributed by atoms with Gasteiger partial charge in [-0.25, -0.2) is 18.6 Å². The topological polar surface area (TPSA) is 130 Å². The van der Waals surface area contributed by atoms with Crippen LogP contribution < -0.4 is 10.2 Å². The lowest BCUT2D eigenvalue weighted by molar-refractivity contribution is 0.313. The number of anilines is 1. The minimum Gasteiger partial charge on any atom is -0.283 e. The molecule has 0 spiro atoms. The summed E-state index contributed by atoms with van der Waals surface area (Å²) in [5.41, 5.74) is -0.0904. The van der Waals surface area contributed by atoms with Gasteiger partial charge < -0.3 is 0 Å². The lowest BCUT2D eigenvalue weighted by atomic mass is 10.3. The summed E-state index contributed by atoms with van der Waals surface area (Å²) in [6.07, 6.45) is 0.703. The molecular formula is C7H7N3O5S2. The van der Waals surface area contributed by atoms with Crippen molar-refractivity contribution in [3.63, 3.8) is 0 Å². The zero-order valence-corrected chi connectivity index (χ0v) is 9.81. The molecule has 0 atom stereocenters. The van der Waals surface area contributed by atoms with Gasteiger partial charge in [-0.3, -0.25) is 5.21 Å². The fourth-order valence-corrected chi connectivity index (χ4v) is 2.94. The first-order valence-electron chi connectivity index (χ1n) is 4.17. The molecule has 1 aromatic carbocycles. The summed E-state index contributed by atoms with van der Waals surface area (Å²) in [7, 11) is -8.03. The number of fused-ring (bicyclic) bond motifs is 1. The van der Waals surface area contributed by atoms with Crippen molar-refractivity contribution in [3.8, 4) is 0 Å². The largest absolute Gasteiger partial charge is 0.285 e. The number of hydrogen-bond donors (Lipinski definition) is 2. The van der Waals surface area contributed by atoms with Gasteiger partial charge in [-0.15, -0.1) is 4.40 Å². The van der Waals surface area contributed by atoms with Gasteiger partial charge in [0.15, 0.2) is 0 Å². The molecule has 0 aliphatic carbocycles. The van der Waals surface area contributed by atoms with E-state index in [9.17, 15) is 22.0 Å². The van der Waals surface area contributed by atoms with Gasteiger partial charge >= 0.3 is 0 Å². The van der Waals surface area contributed by atoms with Crippen molar-refractivity contribution >= 4 is 32.1 Å². The molecule has 0 unspecified atom stereocenters. The van der Waals surface area contributed by atoms with E-state index in [4.69, 9.17) is 5.14 Å². The summed E-state index contributed by atoms with van der Waals surface area (Å²) in [6.45, 7) is 0. The molecule has 92 valence electrons. The Labute approximate surface area is 97.1 Å². The Balaban J connectivity index is 2.77. The molecule has 0 radical (unpaired) electrons. The molecule has 17 heavy (non-hydrogen) atoms. The van der Waals surface area contributed by atoms with Crippen LogP contribution in [-0.4, -0.2) is 28.4 Å². The van der Waals surface area contributed by atoms with Crippen molar-refractivity contribution in [1.29, 1.82) is 0 Å². The van der Waals surface area contributed by atoms with E-state index in [1.807, 2.05) is 0 Å². The van der Waals surface area contributed by atoms with Crippen molar-refractivity contribution in [2.45, 2.75) is 9.79 Å². The maximum absolute atomic E-state index is 11.5. The highest BCUT2D eigenvalue weighted by atomic mass is 32.2. The smallest absolute Gasteiger partial charge is 0.283 e. The van der Waals surface area contributed by atoms with Crippen LogP contribution in [0.2, 0.25) is 0 Å². The van der Waals surface area contributed by atoms with Crippen LogP contribution in [0.5, 0.6) is 0 Å². The molecule has 2 rings (SSSR count). The third-order valence-corrected chi connectivity index (χ3v) is 4.25. The summed E-state index contributed by atoms with van der Waals surface area (Å²) >= 11 is 0. The van der Waals surface area contributed by atoms with Gasteiger partial charge in [-0.2, -0.15) is 8.42 Å². The number of benzene rings is 1. The van der Waals surface area contributed by atoms with Gasteiger partial charge in [0.2, 0.25) is 10.0 Å². The molecule has 1 aliphatic rings. The average molecular weight is 277 g/mol. The van der Waals surface area contributed by atoms with Crippen molar-refractivity contribution in [1.82, 2.24) is 0 Å². The minimum absolute atomic E-state index is 0.0904. The van der Waals surface area contributed by atoms with E-state index in [0.717, 1.165) is 18.2 Å². The van der Waals surface area contributed by atoms with Crippen LogP contribution in [0.25, 0.3) is 0 Å². The highest BCUT2D eigenvalue weighted by Crippen LogP contribution is 2.30. The van der Waals surface area contributed by atoms with Crippen molar-refractivity contribution in [3.05, 3.63) is 18.2 Å². The van der Waals surface area contributed by atoms with E-state index >= 15 is 0 Å². The molecule has 0 aromatic heterocycles. The Morgan fingerprint density at radius 1 is 1.35 bits per heavy atom. The minimum atomic E-state index is -4.02. The van der Waals surface area contributed by atoms with E-state index in [-0.39, 0.29) is 10.6 Å². The number of sulfonamides is 2. The Bertz CT molecular complexity index is 707. The molecule has 0 amide bonds. The van der Waals surface area contributed by atoms with Crippen molar-refractivity contribution < 1.29 is 22.0 Å². The van der Waals surface area contributed by atoms with Gasteiger partial charge in [0.25, 0.3) is 10.0 Å². The molecule has 0 saturated carbocycles. The normalized spacial score (nSPS) is 17.9. The first-order valence-corrected chi connectivity index (χ1v) is 7.16. The van der Waals surface area contributed by atoms with Crippen molar-refractivity contribution in [2.75, 3.05) is 5.06 Å². The van der Waals surface area contributed by atoms with Crippen LogP contribution in [0.3, 0.4) is 0 Å². The number of nitrogens with two attached hydrogens (primary N) is 1. The van der Waals surface area contributed by atoms with Crippen LogP contribution in [0.4, 0.5) is 5.69 Å². The lowest BCUT2D eigenvalue weighted by Gasteiger charge is -2.18. The first kappa shape index (κ1) is 12.0. The monoisotopic (exact) mass is 277 g/mol. The number of hydrogen-bond acceptors (Lipinski definition) is 6. The maximum atomic E-state index is 11.5. The molecule has 0 saturated heterocycles. The fourth-order valence-electron chi connectivity index (χ4n) is 1.29. The molecule has 8 nitrogen and oxygen atoms in total. The van der Waals surface area contributed by atoms with E-state index in [0.29, 0.717) is 11.4 Å². The Morgan fingerprint density at radius 2 is 2.00 bits per heavy atom. The van der Waals surface area contributed by atoms with E-state index in [1.165, 1.54) is 0 Å². The second kappa shape index (κ2) is 3.50. The van der Waals surface area contributed by atoms with Gasteiger partial charge in [0.1, 0.15) is 11.2 Å². The van der Waals surface area contributed by atoms with E-state index in [1.54, 1.807) is 0 Å². The van der Waals surface area contributed by atoms with E-state index in [2.05, 4.69) is 4.40 Å². The number of primary sulfonamides is 1. The van der Waals surface area contributed by atoms with Crippen LogP contribution in [0.15, 0.2) is 32.4 Å². The summed E-state index contributed by atoms with van der Waals surface area (Å²) in [5, 5.41) is 14.7. The van der Waals surface area contributed by atoms with Gasteiger partial charge in [-0.05, 0) is 18.2 Å². The summed E-state index contributed by atoms with van der Waals surface area (Å²) < 4.78 is 48.3. The summed E-state index contributed by atoms with van der Waals surface area (Å²) in [5.74, 6) is 0. The van der Waals surface area contributed by atoms with Crippen LogP contribution in [-0.2, 0) is 20.0 Å². The predicted octanol–water partition coefficient (Wildman–Crippen LogP) is -0.740. The second-order valence-electron chi connectivity index (χ2n) is 3.22. The molecule has 0 bridgehead atoms. The molecule has 0 fully saturated rings. The maximum Gasteiger partial charge on any atom is 0.285 e. The van der Waals surface area contributed by atoms with E-state index < -0.39 is 24.9 Å². The lowest BCUT2D eigenvalue weighted by Crippen LogP contribution is -2.24. The van der Waals surface area contributed by atoms with Crippen LogP contribution in [0.1, 0.15) is 0 Å². The van der Waals surface area contributed by atoms with Crippen molar-refractivity contribution in [2.24, 2.45) is 9.54 Å². The standard InChI is InChI=1S/C7H7N3O5S2/c8-16(12,13)5-1-2-6-7(3-5)17(14,15)9-4-10(6)11/h1-4,11H,(H2,8,12,13). The SMILES string of the molecule is NS(=O)(=O)c1ccc2c(c1)S(=O)(=O)N=CN2O. The molecule has 1 aromatic rings. The zero-order chi connectivity index (χ0) is 12.8. The quantitative estimate of drug-likeness (QED) is 0.695. The van der Waals surface area contributed by atoms with Gasteiger partial charge in [0, 0.05) is 0 Å². The number of hydroxylamine groups is 1. The Hall–Kier alpha value is -1.49. The van der Waals surface area contributed by atoms with Crippen LogP contribution >= 0.6 is 0 Å². The number of nitrogens with zero attached hydrogens (tertiary/aromatic N) is 2. The molecular weight excluding hydrogens is 270 g/mol. The second-order valence-corrected chi connectivity index (χ2v) is 6.38. The van der Waals surface area contributed by atoms with Crippen LogP contribution in [0, 0.1) is 0 Å². The fraction of sp³-hybridized carbons (Fsp3) is 0. The molecule has 3 N–H and O–H groups in total. The first-order chi connectivity index (χ1) is 7.72. The highest BCUT2D eigenvalue weighted by Gasteiger charge is 2.26. The molecule has 1 aliphatic heterocycles. The number of rotatable bonds is 1. The third kappa shape index (κ3) is 2.02. The Kier molecular flexibility index (Phi) is 2.47. The van der Waals surface area contributed by atoms with Gasteiger partial charge in [0.05, 0.1) is 10.6 Å². The third-order valence-electron chi connectivity index (χ3n) is 2.08.